The van der Waals surface area contributed by atoms with Crippen LogP contribution in [0.5, 0.6) is 5.75 Å². The molecule has 0 radical (unpaired) electrons. The summed E-state index contributed by atoms with van der Waals surface area (Å²) in [6, 6.07) is 8.74. The summed E-state index contributed by atoms with van der Waals surface area (Å²) >= 11 is 3.58. The number of anilines is 1. The van der Waals surface area contributed by atoms with E-state index in [-0.39, 0.29) is 0 Å². The van der Waals surface area contributed by atoms with Crippen LogP contribution >= 0.6 is 15.9 Å². The van der Waals surface area contributed by atoms with E-state index >= 15 is 0 Å². The van der Waals surface area contributed by atoms with Gasteiger partial charge in [-0.3, -0.25) is 4.90 Å². The van der Waals surface area contributed by atoms with Crippen molar-refractivity contribution >= 4 is 21.7 Å². The van der Waals surface area contributed by atoms with Crippen LogP contribution in [0.4, 0.5) is 5.82 Å². The lowest BCUT2D eigenvalue weighted by molar-refractivity contribution is 0.196. The van der Waals surface area contributed by atoms with E-state index in [0.29, 0.717) is 12.0 Å². The normalized spacial score (nSPS) is 20.5. The highest BCUT2D eigenvalue weighted by Crippen LogP contribution is 2.38. The third-order valence-corrected chi connectivity index (χ3v) is 6.12. The van der Waals surface area contributed by atoms with Crippen molar-refractivity contribution in [2.45, 2.75) is 44.2 Å². The van der Waals surface area contributed by atoms with E-state index in [9.17, 15) is 0 Å². The highest BCUT2D eigenvalue weighted by Gasteiger charge is 2.28. The summed E-state index contributed by atoms with van der Waals surface area (Å²) in [5, 5.41) is 0. The van der Waals surface area contributed by atoms with E-state index in [4.69, 9.17) is 9.72 Å². The number of ether oxygens (including phenoxy) is 1. The molecular weight excluding hydrogens is 404 g/mol. The number of hydrogen-bond acceptors (Lipinski definition) is 5. The van der Waals surface area contributed by atoms with Gasteiger partial charge in [0.05, 0.1) is 7.11 Å². The van der Waals surface area contributed by atoms with Gasteiger partial charge in [-0.2, -0.15) is 0 Å². The van der Waals surface area contributed by atoms with Crippen LogP contribution in [-0.2, 0) is 6.54 Å². The number of methoxy groups -OCH3 is 1. The van der Waals surface area contributed by atoms with Gasteiger partial charge >= 0.3 is 0 Å². The van der Waals surface area contributed by atoms with Crippen molar-refractivity contribution in [1.82, 2.24) is 14.9 Å². The molecule has 2 fully saturated rings. The largest absolute Gasteiger partial charge is 0.496 e. The molecule has 144 valence electrons. The Hall–Kier alpha value is -1.66. The monoisotopic (exact) mass is 430 g/mol. The first-order chi connectivity index (χ1) is 13.1. The van der Waals surface area contributed by atoms with Crippen LogP contribution in [0, 0.1) is 0 Å². The van der Waals surface area contributed by atoms with Gasteiger partial charge in [0, 0.05) is 48.3 Å². The SMILES string of the molecule is COc1ccc(Br)cc1CN1CCCC(N(C)c2ccnc(C3CC3)n2)C1. The molecular formula is C21H27BrN4O. The summed E-state index contributed by atoms with van der Waals surface area (Å²) in [7, 11) is 3.92. The molecule has 1 aliphatic heterocycles. The van der Waals surface area contributed by atoms with Crippen molar-refractivity contribution in [1.29, 1.82) is 0 Å². The number of likely N-dealkylation sites (tertiary alicyclic amines) is 1. The fourth-order valence-corrected chi connectivity index (χ4v) is 4.30. The Morgan fingerprint density at radius 3 is 2.89 bits per heavy atom. The number of halogens is 1. The number of aromatic nitrogens is 2. The van der Waals surface area contributed by atoms with Gasteiger partial charge in [0.1, 0.15) is 17.4 Å². The van der Waals surface area contributed by atoms with E-state index in [1.54, 1.807) is 7.11 Å². The van der Waals surface area contributed by atoms with Crippen molar-refractivity contribution in [3.8, 4) is 5.75 Å². The summed E-state index contributed by atoms with van der Waals surface area (Å²) in [6.07, 6.45) is 6.79. The smallest absolute Gasteiger partial charge is 0.133 e. The third-order valence-electron chi connectivity index (χ3n) is 5.63. The minimum atomic E-state index is 0.471. The Balaban J connectivity index is 1.45. The molecule has 2 aromatic rings. The van der Waals surface area contributed by atoms with Gasteiger partial charge < -0.3 is 9.64 Å². The van der Waals surface area contributed by atoms with Crippen molar-refractivity contribution in [2.75, 3.05) is 32.1 Å². The minimum absolute atomic E-state index is 0.471. The number of hydrogen-bond donors (Lipinski definition) is 0. The third kappa shape index (κ3) is 4.43. The molecule has 1 aromatic carbocycles. The lowest BCUT2D eigenvalue weighted by atomic mass is 10.0. The van der Waals surface area contributed by atoms with Crippen LogP contribution in [0.25, 0.3) is 0 Å². The van der Waals surface area contributed by atoms with E-state index < -0.39 is 0 Å². The fourth-order valence-electron chi connectivity index (χ4n) is 3.89. The van der Waals surface area contributed by atoms with E-state index in [1.165, 1.54) is 31.2 Å². The molecule has 6 heteroatoms. The molecule has 1 atom stereocenters. The predicted octanol–water partition coefficient (Wildman–Crippen LogP) is 4.23. The molecule has 1 unspecified atom stereocenters. The number of rotatable bonds is 6. The molecule has 1 saturated heterocycles. The topological polar surface area (TPSA) is 41.5 Å². The van der Waals surface area contributed by atoms with Crippen LogP contribution in [0.15, 0.2) is 34.9 Å². The summed E-state index contributed by atoms with van der Waals surface area (Å²) in [5.41, 5.74) is 1.23. The van der Waals surface area contributed by atoms with Crippen molar-refractivity contribution in [3.05, 3.63) is 46.3 Å². The molecule has 27 heavy (non-hydrogen) atoms. The Bertz CT molecular complexity index is 796. The highest BCUT2D eigenvalue weighted by molar-refractivity contribution is 9.10. The van der Waals surface area contributed by atoms with E-state index in [0.717, 1.165) is 41.5 Å². The van der Waals surface area contributed by atoms with E-state index in [1.807, 2.05) is 24.4 Å². The summed E-state index contributed by atoms with van der Waals surface area (Å²) in [4.78, 5) is 14.2. The standard InChI is InChI=1S/C21H27BrN4O/c1-25(20-9-10-23-21(24-20)15-5-6-15)18-4-3-11-26(14-18)13-16-12-17(22)7-8-19(16)27-2/h7-10,12,15,18H,3-6,11,13-14H2,1-2H3. The number of benzene rings is 1. The van der Waals surface area contributed by atoms with Gasteiger partial charge in [0.25, 0.3) is 0 Å². The average Bonchev–Trinajstić information content (AvgIpc) is 3.53. The summed E-state index contributed by atoms with van der Waals surface area (Å²) in [5.74, 6) is 3.62. The Labute approximate surface area is 169 Å². The molecule has 2 aliphatic rings. The molecule has 2 heterocycles. The minimum Gasteiger partial charge on any atom is -0.496 e. The Kier molecular flexibility index (Phi) is 5.64. The first-order valence-corrected chi connectivity index (χ1v) is 10.5. The zero-order valence-electron chi connectivity index (χ0n) is 16.1. The second kappa shape index (κ2) is 8.15. The van der Waals surface area contributed by atoms with Gasteiger partial charge in [-0.15, -0.1) is 0 Å². The molecule has 1 aromatic heterocycles. The Morgan fingerprint density at radius 1 is 1.26 bits per heavy atom. The maximum Gasteiger partial charge on any atom is 0.133 e. The van der Waals surface area contributed by atoms with Crippen molar-refractivity contribution < 1.29 is 4.74 Å². The van der Waals surface area contributed by atoms with Gasteiger partial charge in [0.15, 0.2) is 0 Å². The Morgan fingerprint density at radius 2 is 2.11 bits per heavy atom. The van der Waals surface area contributed by atoms with Crippen LogP contribution in [0.3, 0.4) is 0 Å². The maximum atomic E-state index is 5.55. The van der Waals surface area contributed by atoms with E-state index in [2.05, 4.69) is 43.8 Å². The molecule has 0 N–H and O–H groups in total. The molecule has 0 bridgehead atoms. The number of likely N-dealkylation sites (N-methyl/N-ethyl adjacent to an activating group) is 1. The van der Waals surface area contributed by atoms with Gasteiger partial charge in [-0.05, 0) is 56.5 Å². The second-order valence-corrected chi connectivity index (χ2v) is 8.56. The zero-order chi connectivity index (χ0) is 18.8. The molecule has 1 saturated carbocycles. The zero-order valence-corrected chi connectivity index (χ0v) is 17.7. The highest BCUT2D eigenvalue weighted by atomic mass is 79.9. The van der Waals surface area contributed by atoms with Crippen LogP contribution < -0.4 is 9.64 Å². The lowest BCUT2D eigenvalue weighted by Crippen LogP contribution is -2.46. The molecule has 0 spiro atoms. The number of nitrogens with zero attached hydrogens (tertiary/aromatic N) is 4. The van der Waals surface area contributed by atoms with Gasteiger partial charge in [0.2, 0.25) is 0 Å². The fraction of sp³-hybridized carbons (Fsp3) is 0.524. The second-order valence-electron chi connectivity index (χ2n) is 7.65. The molecule has 0 amide bonds. The van der Waals surface area contributed by atoms with Crippen molar-refractivity contribution in [3.63, 3.8) is 0 Å². The van der Waals surface area contributed by atoms with Gasteiger partial charge in [-0.1, -0.05) is 15.9 Å². The van der Waals surface area contributed by atoms with Crippen molar-refractivity contribution in [2.24, 2.45) is 0 Å². The first-order valence-electron chi connectivity index (χ1n) is 9.74. The summed E-state index contributed by atoms with van der Waals surface area (Å²) < 4.78 is 6.65. The molecule has 4 rings (SSSR count). The predicted molar refractivity (Wildman–Crippen MR) is 111 cm³/mol. The van der Waals surface area contributed by atoms with Gasteiger partial charge in [-0.25, -0.2) is 9.97 Å². The van der Waals surface area contributed by atoms with Crippen LogP contribution in [-0.4, -0.2) is 48.2 Å². The average molecular weight is 431 g/mol. The lowest BCUT2D eigenvalue weighted by Gasteiger charge is -2.38. The maximum absolute atomic E-state index is 5.55. The molecule has 5 nitrogen and oxygen atoms in total. The quantitative estimate of drug-likeness (QED) is 0.685. The first kappa shape index (κ1) is 18.7. The summed E-state index contributed by atoms with van der Waals surface area (Å²) in [6.45, 7) is 3.07. The van der Waals surface area contributed by atoms with Crippen LogP contribution in [0.1, 0.15) is 43.0 Å². The molecule has 1 aliphatic carbocycles. The number of piperidine rings is 1. The van der Waals surface area contributed by atoms with Crippen LogP contribution in [0.2, 0.25) is 0 Å².